The van der Waals surface area contributed by atoms with Gasteiger partial charge in [0.15, 0.2) is 9.84 Å². The third-order valence-corrected chi connectivity index (χ3v) is 5.75. The van der Waals surface area contributed by atoms with Gasteiger partial charge in [-0.05, 0) is 60.7 Å². The highest BCUT2D eigenvalue weighted by Gasteiger charge is 2.12. The van der Waals surface area contributed by atoms with E-state index in [9.17, 15) is 8.42 Å². The number of hydrogen-bond acceptors (Lipinski definition) is 3. The molecule has 0 unspecified atom stereocenters. The normalized spacial score (nSPS) is 11.8. The van der Waals surface area contributed by atoms with Crippen LogP contribution in [0.25, 0.3) is 16.3 Å². The summed E-state index contributed by atoms with van der Waals surface area (Å²) >= 11 is 1.70. The summed E-state index contributed by atoms with van der Waals surface area (Å²) < 4.78 is 25.3. The predicted octanol–water partition coefficient (Wildman–Crippen LogP) is 4.23. The fourth-order valence-electron chi connectivity index (χ4n) is 2.46. The molecule has 3 nitrogen and oxygen atoms in total. The van der Waals surface area contributed by atoms with E-state index in [-0.39, 0.29) is 0 Å². The quantitative estimate of drug-likeness (QED) is 0.720. The van der Waals surface area contributed by atoms with Gasteiger partial charge in [0, 0.05) is 11.9 Å². The summed E-state index contributed by atoms with van der Waals surface area (Å²) in [6.45, 7) is 4.16. The third-order valence-electron chi connectivity index (χ3n) is 3.59. The Kier molecular flexibility index (Phi) is 3.70. The highest BCUT2D eigenvalue weighted by Crippen LogP contribution is 2.30. The largest absolute Gasteiger partial charge is 0.305 e. The van der Waals surface area contributed by atoms with Crippen molar-refractivity contribution in [2.45, 2.75) is 18.7 Å². The van der Waals surface area contributed by atoms with E-state index < -0.39 is 9.84 Å². The van der Waals surface area contributed by atoms with Crippen LogP contribution in [0.1, 0.15) is 11.3 Å². The van der Waals surface area contributed by atoms with Crippen LogP contribution in [0.4, 0.5) is 0 Å². The average Bonchev–Trinajstić information content (AvgIpc) is 3.04. The van der Waals surface area contributed by atoms with Gasteiger partial charge in [0.2, 0.25) is 0 Å². The molecular formula is C17H17NO2S2. The highest BCUT2D eigenvalue weighted by molar-refractivity contribution is 7.90. The molecule has 114 valence electrons. The van der Waals surface area contributed by atoms with Crippen molar-refractivity contribution in [1.82, 2.24) is 4.57 Å². The van der Waals surface area contributed by atoms with E-state index in [2.05, 4.69) is 42.0 Å². The minimum absolute atomic E-state index is 0.345. The molecule has 5 heteroatoms. The van der Waals surface area contributed by atoms with Crippen LogP contribution in [-0.4, -0.2) is 19.2 Å². The number of thiophene rings is 1. The summed E-state index contributed by atoms with van der Waals surface area (Å²) in [5, 5.41) is 3.30. The van der Waals surface area contributed by atoms with Crippen LogP contribution >= 0.6 is 11.3 Å². The van der Waals surface area contributed by atoms with E-state index in [1.54, 1.807) is 23.5 Å². The molecule has 0 bridgehead atoms. The first-order chi connectivity index (χ1) is 10.4. The maximum absolute atomic E-state index is 11.6. The summed E-state index contributed by atoms with van der Waals surface area (Å²) in [6, 6.07) is 13.4. The Morgan fingerprint density at radius 1 is 1.00 bits per heavy atom. The zero-order valence-corrected chi connectivity index (χ0v) is 14.3. The maximum atomic E-state index is 11.6. The molecule has 2 heterocycles. The van der Waals surface area contributed by atoms with Gasteiger partial charge in [0.25, 0.3) is 0 Å². The molecule has 3 rings (SSSR count). The van der Waals surface area contributed by atoms with Gasteiger partial charge in [0.05, 0.1) is 15.6 Å². The maximum Gasteiger partial charge on any atom is 0.175 e. The summed E-state index contributed by atoms with van der Waals surface area (Å²) in [4.78, 5) is 0.345. The standard InChI is InChI=1S/C17H17NO2S2/c1-12-10-17(21-11-12)18-13(2)4-9-16(18)14-5-7-15(8-6-14)22(3,19)20/h4-11H,1-3H3. The SMILES string of the molecule is Cc1csc(-n2c(C)ccc2-c2ccc(S(C)(=O)=O)cc2)c1. The van der Waals surface area contributed by atoms with Crippen molar-refractivity contribution in [1.29, 1.82) is 0 Å². The van der Waals surface area contributed by atoms with E-state index in [1.165, 1.54) is 16.8 Å². The van der Waals surface area contributed by atoms with Crippen molar-refractivity contribution < 1.29 is 8.42 Å². The van der Waals surface area contributed by atoms with Crippen LogP contribution in [-0.2, 0) is 9.84 Å². The number of hydrogen-bond donors (Lipinski definition) is 0. The van der Waals surface area contributed by atoms with Crippen molar-refractivity contribution >= 4 is 21.2 Å². The van der Waals surface area contributed by atoms with Crippen LogP contribution in [0.5, 0.6) is 0 Å². The van der Waals surface area contributed by atoms with E-state index in [4.69, 9.17) is 0 Å². The van der Waals surface area contributed by atoms with Crippen molar-refractivity contribution in [2.24, 2.45) is 0 Å². The third kappa shape index (κ3) is 2.74. The van der Waals surface area contributed by atoms with Gasteiger partial charge in [-0.15, -0.1) is 11.3 Å². The number of nitrogens with zero attached hydrogens (tertiary/aromatic N) is 1. The van der Waals surface area contributed by atoms with E-state index in [0.29, 0.717) is 4.90 Å². The molecule has 0 radical (unpaired) electrons. The first-order valence-corrected chi connectivity index (χ1v) is 9.68. The molecule has 22 heavy (non-hydrogen) atoms. The molecule has 0 fully saturated rings. The zero-order chi connectivity index (χ0) is 15.9. The summed E-state index contributed by atoms with van der Waals surface area (Å²) in [5.41, 5.74) is 4.47. The van der Waals surface area contributed by atoms with E-state index in [0.717, 1.165) is 17.0 Å². The minimum Gasteiger partial charge on any atom is -0.305 e. The number of aromatic nitrogens is 1. The van der Waals surface area contributed by atoms with Gasteiger partial charge >= 0.3 is 0 Å². The van der Waals surface area contributed by atoms with Gasteiger partial charge in [-0.1, -0.05) is 12.1 Å². The van der Waals surface area contributed by atoms with Gasteiger partial charge in [0.1, 0.15) is 0 Å². The van der Waals surface area contributed by atoms with Gasteiger partial charge in [-0.3, -0.25) is 0 Å². The lowest BCUT2D eigenvalue weighted by Gasteiger charge is -2.10. The summed E-state index contributed by atoms with van der Waals surface area (Å²) in [5.74, 6) is 0. The molecule has 0 saturated heterocycles. The molecule has 0 amide bonds. The second-order valence-corrected chi connectivity index (χ2v) is 8.36. The van der Waals surface area contributed by atoms with Gasteiger partial charge < -0.3 is 4.57 Å². The first-order valence-electron chi connectivity index (χ1n) is 6.90. The number of rotatable bonds is 3. The Morgan fingerprint density at radius 3 is 2.23 bits per heavy atom. The second-order valence-electron chi connectivity index (χ2n) is 5.45. The molecule has 0 aliphatic carbocycles. The lowest BCUT2D eigenvalue weighted by Crippen LogP contribution is -1.98. The Hall–Kier alpha value is -1.85. The molecule has 0 N–H and O–H groups in total. The van der Waals surface area contributed by atoms with Crippen LogP contribution < -0.4 is 0 Å². The van der Waals surface area contributed by atoms with E-state index in [1.807, 2.05) is 12.1 Å². The number of benzene rings is 1. The van der Waals surface area contributed by atoms with Crippen LogP contribution in [0.3, 0.4) is 0 Å². The average molecular weight is 331 g/mol. The number of aryl methyl sites for hydroxylation is 2. The fraction of sp³-hybridized carbons (Fsp3) is 0.176. The van der Waals surface area contributed by atoms with Crippen molar-refractivity contribution in [3.8, 4) is 16.3 Å². The summed E-state index contributed by atoms with van der Waals surface area (Å²) in [6.07, 6.45) is 1.23. The Labute approximate surface area is 134 Å². The Bertz CT molecular complexity index is 916. The van der Waals surface area contributed by atoms with Crippen LogP contribution in [0, 0.1) is 13.8 Å². The Balaban J connectivity index is 2.10. The molecule has 1 aromatic carbocycles. The smallest absolute Gasteiger partial charge is 0.175 e. The van der Waals surface area contributed by atoms with Crippen molar-refractivity contribution in [3.05, 3.63) is 59.1 Å². The Morgan fingerprint density at radius 2 is 1.68 bits per heavy atom. The molecular weight excluding hydrogens is 314 g/mol. The van der Waals surface area contributed by atoms with Crippen molar-refractivity contribution in [2.75, 3.05) is 6.26 Å². The lowest BCUT2D eigenvalue weighted by atomic mass is 10.1. The lowest BCUT2D eigenvalue weighted by molar-refractivity contribution is 0.602. The van der Waals surface area contributed by atoms with Crippen LogP contribution in [0.15, 0.2) is 52.7 Å². The van der Waals surface area contributed by atoms with Crippen LogP contribution in [0.2, 0.25) is 0 Å². The topological polar surface area (TPSA) is 39.1 Å². The zero-order valence-electron chi connectivity index (χ0n) is 12.7. The molecule has 2 aromatic heterocycles. The monoisotopic (exact) mass is 331 g/mol. The van der Waals surface area contributed by atoms with Gasteiger partial charge in [-0.2, -0.15) is 0 Å². The van der Waals surface area contributed by atoms with Crippen molar-refractivity contribution in [3.63, 3.8) is 0 Å². The predicted molar refractivity (Wildman–Crippen MR) is 91.7 cm³/mol. The summed E-state index contributed by atoms with van der Waals surface area (Å²) in [7, 11) is -3.16. The fourth-order valence-corrected chi connectivity index (χ4v) is 4.07. The first kappa shape index (κ1) is 15.1. The molecule has 0 atom stereocenters. The van der Waals surface area contributed by atoms with Gasteiger partial charge in [-0.25, -0.2) is 8.42 Å². The number of sulfone groups is 1. The second kappa shape index (κ2) is 5.41. The molecule has 0 spiro atoms. The highest BCUT2D eigenvalue weighted by atomic mass is 32.2. The molecule has 0 aliphatic rings. The van der Waals surface area contributed by atoms with E-state index >= 15 is 0 Å². The molecule has 0 aliphatic heterocycles. The minimum atomic E-state index is -3.16. The molecule has 3 aromatic rings. The molecule has 0 saturated carbocycles.